The van der Waals surface area contributed by atoms with Crippen molar-refractivity contribution in [2.75, 3.05) is 33.9 Å². The smallest absolute Gasteiger partial charge is 0.161 e. The maximum absolute atomic E-state index is 5.57. The third kappa shape index (κ3) is 3.99. The molecule has 4 nitrogen and oxygen atoms in total. The van der Waals surface area contributed by atoms with Crippen LogP contribution in [0.2, 0.25) is 0 Å². The number of hydrogen-bond donors (Lipinski definition) is 0. The highest BCUT2D eigenvalue weighted by Crippen LogP contribution is 2.37. The Balaban J connectivity index is 1.13. The van der Waals surface area contributed by atoms with E-state index < -0.39 is 0 Å². The summed E-state index contributed by atoms with van der Waals surface area (Å²) in [5, 5.41) is 0. The molecule has 0 bridgehead atoms. The first-order valence-electron chi connectivity index (χ1n) is 12.6. The van der Waals surface area contributed by atoms with Crippen LogP contribution in [0, 0.1) is 0 Å². The van der Waals surface area contributed by atoms with Gasteiger partial charge < -0.3 is 9.47 Å². The van der Waals surface area contributed by atoms with Crippen molar-refractivity contribution < 1.29 is 9.47 Å². The van der Waals surface area contributed by atoms with Crippen LogP contribution in [0.5, 0.6) is 11.5 Å². The van der Waals surface area contributed by atoms with E-state index in [0.29, 0.717) is 6.04 Å². The van der Waals surface area contributed by atoms with Crippen LogP contribution in [-0.4, -0.2) is 49.7 Å². The molecule has 0 aromatic heterocycles. The number of hydrogen-bond acceptors (Lipinski definition) is 4. The van der Waals surface area contributed by atoms with E-state index in [-0.39, 0.29) is 0 Å². The molecule has 6 rings (SSSR count). The molecular weight excluding hydrogens is 420 g/mol. The Kier molecular flexibility index (Phi) is 5.80. The lowest BCUT2D eigenvalue weighted by molar-refractivity contribution is 0.0837. The minimum absolute atomic E-state index is 0.619. The maximum atomic E-state index is 5.57. The Labute approximate surface area is 203 Å². The highest BCUT2D eigenvalue weighted by molar-refractivity contribution is 5.76. The summed E-state index contributed by atoms with van der Waals surface area (Å²) >= 11 is 0. The van der Waals surface area contributed by atoms with Crippen molar-refractivity contribution in [1.82, 2.24) is 9.80 Å². The summed E-state index contributed by atoms with van der Waals surface area (Å²) in [5.41, 5.74) is 10.0. The van der Waals surface area contributed by atoms with Crippen LogP contribution in [-0.2, 0) is 25.9 Å². The number of nitrogens with zero attached hydrogens (tertiary/aromatic N) is 2. The molecule has 3 aromatic rings. The SMILES string of the molecule is COc1cc2c(cc1OC)CN(C1CCCN(Cc3ccc4c(c3)Cc3ccccc3-4)C1)CC2. The quantitative estimate of drug-likeness (QED) is 0.409. The van der Waals surface area contributed by atoms with E-state index in [1.165, 1.54) is 58.3 Å². The molecule has 176 valence electrons. The Hall–Kier alpha value is -2.82. The van der Waals surface area contributed by atoms with Crippen molar-refractivity contribution in [2.45, 2.75) is 44.8 Å². The normalized spacial score (nSPS) is 19.9. The van der Waals surface area contributed by atoms with Crippen LogP contribution >= 0.6 is 0 Å². The maximum Gasteiger partial charge on any atom is 0.161 e. The molecule has 34 heavy (non-hydrogen) atoms. The van der Waals surface area contributed by atoms with E-state index in [2.05, 4.69) is 64.4 Å². The Morgan fingerprint density at radius 2 is 1.62 bits per heavy atom. The van der Waals surface area contributed by atoms with E-state index in [9.17, 15) is 0 Å². The molecule has 1 atom stereocenters. The summed E-state index contributed by atoms with van der Waals surface area (Å²) in [6, 6.07) is 21.0. The summed E-state index contributed by atoms with van der Waals surface area (Å²) in [4.78, 5) is 5.36. The molecule has 0 spiro atoms. The Morgan fingerprint density at radius 3 is 2.47 bits per heavy atom. The third-order valence-electron chi connectivity index (χ3n) is 8.01. The summed E-state index contributed by atoms with van der Waals surface area (Å²) in [7, 11) is 3.44. The van der Waals surface area contributed by atoms with Crippen molar-refractivity contribution in [3.05, 3.63) is 82.4 Å². The fourth-order valence-corrected chi connectivity index (χ4v) is 6.24. The number of ether oxygens (including phenoxy) is 2. The van der Waals surface area contributed by atoms with Crippen molar-refractivity contribution in [2.24, 2.45) is 0 Å². The summed E-state index contributed by atoms with van der Waals surface area (Å²) in [6.45, 7) is 5.53. The van der Waals surface area contributed by atoms with Crippen molar-refractivity contribution in [3.8, 4) is 22.6 Å². The summed E-state index contributed by atoms with van der Waals surface area (Å²) in [6.07, 6.45) is 4.72. The molecule has 0 N–H and O–H groups in total. The van der Waals surface area contributed by atoms with E-state index in [0.717, 1.165) is 50.5 Å². The molecule has 2 heterocycles. The molecule has 1 saturated heterocycles. The molecule has 0 amide bonds. The molecule has 3 aromatic carbocycles. The first-order valence-corrected chi connectivity index (χ1v) is 12.6. The molecule has 4 heteroatoms. The summed E-state index contributed by atoms with van der Waals surface area (Å²) < 4.78 is 11.1. The minimum Gasteiger partial charge on any atom is -0.493 e. The van der Waals surface area contributed by atoms with Crippen LogP contribution < -0.4 is 9.47 Å². The van der Waals surface area contributed by atoms with Gasteiger partial charge in [0.1, 0.15) is 0 Å². The molecule has 1 aliphatic carbocycles. The standard InChI is InChI=1S/C30H34N2O2/c1-33-29-16-22-11-13-32(19-25(22)17-30(29)34-2)26-7-5-12-31(20-26)18-21-9-10-28-24(14-21)15-23-6-3-4-8-27(23)28/h3-4,6,8-10,14,16-17,26H,5,7,11-13,15,18-20H2,1-2H3. The second-order valence-electron chi connectivity index (χ2n) is 10.1. The van der Waals surface area contributed by atoms with Crippen LogP contribution in [0.25, 0.3) is 11.1 Å². The number of benzene rings is 3. The van der Waals surface area contributed by atoms with Gasteiger partial charge in [-0.2, -0.15) is 0 Å². The van der Waals surface area contributed by atoms with E-state index in [4.69, 9.17) is 9.47 Å². The van der Waals surface area contributed by atoms with Crippen LogP contribution in [0.4, 0.5) is 0 Å². The lowest BCUT2D eigenvalue weighted by Gasteiger charge is -2.41. The van der Waals surface area contributed by atoms with Crippen molar-refractivity contribution >= 4 is 0 Å². The van der Waals surface area contributed by atoms with Gasteiger partial charge in [0.2, 0.25) is 0 Å². The topological polar surface area (TPSA) is 24.9 Å². The number of rotatable bonds is 5. The second kappa shape index (κ2) is 9.09. The lowest BCUT2D eigenvalue weighted by atomic mass is 9.95. The van der Waals surface area contributed by atoms with Crippen LogP contribution in [0.15, 0.2) is 54.6 Å². The van der Waals surface area contributed by atoms with Crippen LogP contribution in [0.1, 0.15) is 40.7 Å². The molecular formula is C30H34N2O2. The van der Waals surface area contributed by atoms with Gasteiger partial charge >= 0.3 is 0 Å². The predicted octanol–water partition coefficient (Wildman–Crippen LogP) is 5.30. The molecule has 1 unspecified atom stereocenters. The third-order valence-corrected chi connectivity index (χ3v) is 8.01. The highest BCUT2D eigenvalue weighted by Gasteiger charge is 2.29. The molecule has 1 fully saturated rings. The molecule has 2 aliphatic heterocycles. The van der Waals surface area contributed by atoms with Crippen LogP contribution in [0.3, 0.4) is 0 Å². The number of methoxy groups -OCH3 is 2. The Bertz CT molecular complexity index is 1200. The number of piperidine rings is 1. The van der Waals surface area contributed by atoms with Gasteiger partial charge in [0.15, 0.2) is 11.5 Å². The average molecular weight is 455 g/mol. The van der Waals surface area contributed by atoms with Gasteiger partial charge in [-0.1, -0.05) is 42.5 Å². The van der Waals surface area contributed by atoms with Gasteiger partial charge in [-0.15, -0.1) is 0 Å². The monoisotopic (exact) mass is 454 g/mol. The van der Waals surface area contributed by atoms with Gasteiger partial charge in [-0.25, -0.2) is 0 Å². The summed E-state index contributed by atoms with van der Waals surface area (Å²) in [5.74, 6) is 1.68. The zero-order chi connectivity index (χ0) is 23.1. The zero-order valence-electron chi connectivity index (χ0n) is 20.3. The number of likely N-dealkylation sites (tertiary alicyclic amines) is 1. The molecule has 3 aliphatic rings. The lowest BCUT2D eigenvalue weighted by Crippen LogP contribution is -2.49. The van der Waals surface area contributed by atoms with Gasteiger partial charge in [0, 0.05) is 32.2 Å². The van der Waals surface area contributed by atoms with Gasteiger partial charge in [0.25, 0.3) is 0 Å². The Morgan fingerprint density at radius 1 is 0.824 bits per heavy atom. The van der Waals surface area contributed by atoms with E-state index in [1.54, 1.807) is 14.2 Å². The van der Waals surface area contributed by atoms with E-state index >= 15 is 0 Å². The number of fused-ring (bicyclic) bond motifs is 4. The van der Waals surface area contributed by atoms with E-state index in [1.807, 2.05) is 0 Å². The van der Waals surface area contributed by atoms with Gasteiger partial charge in [-0.05, 0) is 83.3 Å². The fourth-order valence-electron chi connectivity index (χ4n) is 6.24. The highest BCUT2D eigenvalue weighted by atomic mass is 16.5. The second-order valence-corrected chi connectivity index (χ2v) is 10.1. The van der Waals surface area contributed by atoms with Crippen molar-refractivity contribution in [3.63, 3.8) is 0 Å². The molecule has 0 radical (unpaired) electrons. The van der Waals surface area contributed by atoms with Gasteiger partial charge in [0.05, 0.1) is 14.2 Å². The predicted molar refractivity (Wildman–Crippen MR) is 137 cm³/mol. The van der Waals surface area contributed by atoms with Gasteiger partial charge in [-0.3, -0.25) is 9.80 Å². The first kappa shape index (κ1) is 21.7. The minimum atomic E-state index is 0.619. The average Bonchev–Trinajstić information content (AvgIpc) is 3.25. The largest absolute Gasteiger partial charge is 0.493 e. The fraction of sp³-hybridized carbons (Fsp3) is 0.400. The van der Waals surface area contributed by atoms with Crippen molar-refractivity contribution in [1.29, 1.82) is 0 Å². The molecule has 0 saturated carbocycles. The first-order chi connectivity index (χ1) is 16.7. The zero-order valence-corrected chi connectivity index (χ0v) is 20.3.